The van der Waals surface area contributed by atoms with Crippen molar-refractivity contribution in [2.45, 2.75) is 18.6 Å². The van der Waals surface area contributed by atoms with Gasteiger partial charge < -0.3 is 15.0 Å². The zero-order chi connectivity index (χ0) is 13.2. The first-order valence-electron chi connectivity index (χ1n) is 6.52. The average Bonchev–Trinajstić information content (AvgIpc) is 2.85. The molecule has 0 radical (unpaired) electrons. The van der Waals surface area contributed by atoms with Crippen LogP contribution in [0.15, 0.2) is 36.9 Å². The van der Waals surface area contributed by atoms with E-state index in [1.54, 1.807) is 30.6 Å². The molecule has 0 spiro atoms. The van der Waals surface area contributed by atoms with E-state index in [1.165, 1.54) is 0 Å². The predicted molar refractivity (Wildman–Crippen MR) is 71.6 cm³/mol. The summed E-state index contributed by atoms with van der Waals surface area (Å²) in [5.41, 5.74) is 0.844. The molecule has 5 nitrogen and oxygen atoms in total. The van der Waals surface area contributed by atoms with Crippen molar-refractivity contribution in [3.8, 4) is 0 Å². The van der Waals surface area contributed by atoms with E-state index >= 15 is 0 Å². The second-order valence-corrected chi connectivity index (χ2v) is 4.85. The van der Waals surface area contributed by atoms with Gasteiger partial charge in [-0.25, -0.2) is 0 Å². The third-order valence-electron chi connectivity index (χ3n) is 3.80. The molecule has 0 saturated carbocycles. The fourth-order valence-electron chi connectivity index (χ4n) is 2.79. The van der Waals surface area contributed by atoms with Crippen molar-refractivity contribution in [2.24, 2.45) is 5.92 Å². The molecule has 3 atom stereocenters. The molecule has 0 aliphatic carbocycles. The average molecular weight is 259 g/mol. The van der Waals surface area contributed by atoms with Crippen molar-refractivity contribution in [3.05, 3.63) is 36.9 Å². The Labute approximate surface area is 112 Å². The summed E-state index contributed by atoms with van der Waals surface area (Å²) in [7, 11) is 1.80. The number of amides is 1. The highest BCUT2D eigenvalue weighted by Gasteiger charge is 2.41. The Bertz CT molecular complexity index is 489. The van der Waals surface area contributed by atoms with E-state index in [2.05, 4.69) is 16.4 Å². The first-order valence-corrected chi connectivity index (χ1v) is 6.52. The highest BCUT2D eigenvalue weighted by atomic mass is 16.5. The van der Waals surface area contributed by atoms with E-state index in [1.807, 2.05) is 12.1 Å². The molecule has 3 rings (SSSR count). The molecule has 2 aliphatic rings. The van der Waals surface area contributed by atoms with Gasteiger partial charge in [-0.2, -0.15) is 0 Å². The van der Waals surface area contributed by atoms with Crippen LogP contribution in [0.25, 0.3) is 0 Å². The van der Waals surface area contributed by atoms with Crippen molar-refractivity contribution in [2.75, 3.05) is 18.5 Å². The Morgan fingerprint density at radius 2 is 2.42 bits per heavy atom. The van der Waals surface area contributed by atoms with Crippen molar-refractivity contribution >= 4 is 11.6 Å². The Kier molecular flexibility index (Phi) is 3.21. The molecule has 1 aromatic heterocycles. The van der Waals surface area contributed by atoms with Gasteiger partial charge in [0.25, 0.3) is 0 Å². The second kappa shape index (κ2) is 5.01. The zero-order valence-corrected chi connectivity index (χ0v) is 10.8. The number of nitrogens with zero attached hydrogens (tertiary/aromatic N) is 2. The first kappa shape index (κ1) is 12.2. The van der Waals surface area contributed by atoms with Gasteiger partial charge in [0.1, 0.15) is 12.1 Å². The topological polar surface area (TPSA) is 54.5 Å². The second-order valence-electron chi connectivity index (χ2n) is 4.85. The molecule has 1 amide bonds. The van der Waals surface area contributed by atoms with Crippen molar-refractivity contribution in [1.29, 1.82) is 0 Å². The summed E-state index contributed by atoms with van der Waals surface area (Å²) in [6.45, 7) is 0.692. The third-order valence-corrected chi connectivity index (χ3v) is 3.80. The number of hydrogen-bond acceptors (Lipinski definition) is 4. The molecule has 1 aromatic rings. The number of aromatic nitrogens is 1. The van der Waals surface area contributed by atoms with Gasteiger partial charge in [-0.15, -0.1) is 0 Å². The Morgan fingerprint density at radius 3 is 3.16 bits per heavy atom. The fourth-order valence-corrected chi connectivity index (χ4v) is 2.79. The molecular formula is C14H17N3O2. The van der Waals surface area contributed by atoms with Crippen LogP contribution in [-0.4, -0.2) is 36.6 Å². The van der Waals surface area contributed by atoms with E-state index < -0.39 is 0 Å². The molecule has 5 heteroatoms. The Morgan fingerprint density at radius 1 is 1.53 bits per heavy atom. The summed E-state index contributed by atoms with van der Waals surface area (Å²) < 4.78 is 5.59. The zero-order valence-electron chi connectivity index (χ0n) is 10.8. The molecule has 3 unspecified atom stereocenters. The Balaban J connectivity index is 1.91. The summed E-state index contributed by atoms with van der Waals surface area (Å²) in [5, 5.41) is 3.09. The smallest absolute Gasteiger partial charge is 0.248 e. The number of ether oxygens (including phenoxy) is 1. The van der Waals surface area contributed by atoms with Gasteiger partial charge in [0, 0.05) is 18.7 Å². The first-order chi connectivity index (χ1) is 9.31. The van der Waals surface area contributed by atoms with Gasteiger partial charge in [-0.1, -0.05) is 0 Å². The van der Waals surface area contributed by atoms with Crippen LogP contribution in [0.4, 0.5) is 5.69 Å². The van der Waals surface area contributed by atoms with Crippen LogP contribution in [0.2, 0.25) is 0 Å². The predicted octanol–water partition coefficient (Wildman–Crippen LogP) is 0.935. The Hall–Kier alpha value is -1.88. The maximum atomic E-state index is 12.6. The van der Waals surface area contributed by atoms with Gasteiger partial charge >= 0.3 is 0 Å². The summed E-state index contributed by atoms with van der Waals surface area (Å²) >= 11 is 0. The lowest BCUT2D eigenvalue weighted by Gasteiger charge is -2.26. The number of nitrogens with one attached hydrogen (secondary N) is 1. The van der Waals surface area contributed by atoms with Crippen LogP contribution in [0.5, 0.6) is 0 Å². The maximum absolute atomic E-state index is 12.6. The molecular weight excluding hydrogens is 242 g/mol. The van der Waals surface area contributed by atoms with Crippen molar-refractivity contribution in [3.63, 3.8) is 0 Å². The number of pyridine rings is 1. The van der Waals surface area contributed by atoms with E-state index in [0.29, 0.717) is 12.5 Å². The molecule has 2 aliphatic heterocycles. The molecule has 19 heavy (non-hydrogen) atoms. The van der Waals surface area contributed by atoms with Gasteiger partial charge in [-0.05, 0) is 31.7 Å². The van der Waals surface area contributed by atoms with Gasteiger partial charge in [0.05, 0.1) is 18.1 Å². The standard InChI is InChI=1S/C14H17N3O2/c1-15-12-13-10(5-8-19-13)4-7-17(14(12)18)11-3-2-6-16-9-11/h2-3,5-6,8-10,12-13,15H,4,7H2,1H3. The van der Waals surface area contributed by atoms with Crippen LogP contribution in [-0.2, 0) is 9.53 Å². The molecule has 1 saturated heterocycles. The number of fused-ring (bicyclic) bond motifs is 1. The minimum atomic E-state index is -0.317. The number of rotatable bonds is 2. The lowest BCUT2D eigenvalue weighted by Crippen LogP contribution is -2.50. The number of carbonyl (C=O) groups is 1. The van der Waals surface area contributed by atoms with Gasteiger partial charge in [-0.3, -0.25) is 9.78 Å². The summed E-state index contributed by atoms with van der Waals surface area (Å²) in [5.74, 6) is 0.342. The lowest BCUT2D eigenvalue weighted by atomic mass is 9.96. The molecule has 1 N–H and O–H groups in total. The van der Waals surface area contributed by atoms with Gasteiger partial charge in [0.15, 0.2) is 0 Å². The van der Waals surface area contributed by atoms with Crippen molar-refractivity contribution in [1.82, 2.24) is 10.3 Å². The SMILES string of the molecule is CNC1C(=O)N(c2cccnc2)CCC2C=COC21. The van der Waals surface area contributed by atoms with Crippen LogP contribution < -0.4 is 10.2 Å². The quantitative estimate of drug-likeness (QED) is 0.858. The van der Waals surface area contributed by atoms with E-state index in [-0.39, 0.29) is 18.1 Å². The highest BCUT2D eigenvalue weighted by molar-refractivity contribution is 5.97. The van der Waals surface area contributed by atoms with Gasteiger partial charge in [0.2, 0.25) is 5.91 Å². The van der Waals surface area contributed by atoms with Crippen LogP contribution in [0, 0.1) is 5.92 Å². The maximum Gasteiger partial charge on any atom is 0.248 e. The summed E-state index contributed by atoms with van der Waals surface area (Å²) in [6.07, 6.45) is 8.01. The van der Waals surface area contributed by atoms with Crippen molar-refractivity contribution < 1.29 is 9.53 Å². The number of carbonyl (C=O) groups excluding carboxylic acids is 1. The van der Waals surface area contributed by atoms with Crippen LogP contribution >= 0.6 is 0 Å². The number of likely N-dealkylation sites (N-methyl/N-ethyl adjacent to an activating group) is 1. The van der Waals surface area contributed by atoms with E-state index in [9.17, 15) is 4.79 Å². The fraction of sp³-hybridized carbons (Fsp3) is 0.429. The normalized spacial score (nSPS) is 29.8. The number of anilines is 1. The van der Waals surface area contributed by atoms with Crippen LogP contribution in [0.3, 0.4) is 0 Å². The molecule has 3 heterocycles. The molecule has 1 fully saturated rings. The van der Waals surface area contributed by atoms with E-state index in [4.69, 9.17) is 4.74 Å². The minimum Gasteiger partial charge on any atom is -0.496 e. The lowest BCUT2D eigenvalue weighted by molar-refractivity contribution is -0.122. The minimum absolute atomic E-state index is 0.0479. The largest absolute Gasteiger partial charge is 0.496 e. The number of hydrogen-bond donors (Lipinski definition) is 1. The monoisotopic (exact) mass is 259 g/mol. The summed E-state index contributed by atoms with van der Waals surface area (Å²) in [6, 6.07) is 3.44. The molecule has 100 valence electrons. The third kappa shape index (κ3) is 2.10. The van der Waals surface area contributed by atoms with E-state index in [0.717, 1.165) is 12.1 Å². The van der Waals surface area contributed by atoms with Crippen LogP contribution in [0.1, 0.15) is 6.42 Å². The highest BCUT2D eigenvalue weighted by Crippen LogP contribution is 2.29. The summed E-state index contributed by atoms with van der Waals surface area (Å²) in [4.78, 5) is 18.5. The molecule has 0 bridgehead atoms. The molecule has 0 aromatic carbocycles.